The van der Waals surface area contributed by atoms with E-state index >= 15 is 0 Å². The molecule has 0 radical (unpaired) electrons. The Morgan fingerprint density at radius 3 is 2.27 bits per heavy atom. The monoisotopic (exact) mass is 304 g/mol. The standard InChI is InChI=1S/C16H20N2O4/c1-10(2)7-13(15(19)20)18-14(16(21)22)8-11-5-3-4-6-12(11)9-17/h3-6,10,13-14,18H,7-8H2,1-2H3,(H,19,20)(H,21,22)/t13-,14-/m0/s1. The average Bonchev–Trinajstić information content (AvgIpc) is 2.45. The van der Waals surface area contributed by atoms with E-state index in [9.17, 15) is 19.8 Å². The van der Waals surface area contributed by atoms with Crippen LogP contribution in [0.15, 0.2) is 24.3 Å². The first-order valence-electron chi connectivity index (χ1n) is 7.04. The third-order valence-electron chi connectivity index (χ3n) is 3.27. The maximum absolute atomic E-state index is 11.4. The Labute approximate surface area is 129 Å². The zero-order chi connectivity index (χ0) is 16.7. The molecule has 1 aromatic carbocycles. The van der Waals surface area contributed by atoms with Crippen LogP contribution in [-0.2, 0) is 16.0 Å². The van der Waals surface area contributed by atoms with E-state index in [4.69, 9.17) is 5.26 Å². The molecule has 0 unspecified atom stereocenters. The highest BCUT2D eigenvalue weighted by Gasteiger charge is 2.27. The lowest BCUT2D eigenvalue weighted by Gasteiger charge is -2.22. The second-order valence-corrected chi connectivity index (χ2v) is 5.55. The summed E-state index contributed by atoms with van der Waals surface area (Å²) < 4.78 is 0. The topological polar surface area (TPSA) is 110 Å². The van der Waals surface area contributed by atoms with Gasteiger partial charge in [-0.25, -0.2) is 0 Å². The fourth-order valence-corrected chi connectivity index (χ4v) is 2.20. The summed E-state index contributed by atoms with van der Waals surface area (Å²) in [6.07, 6.45) is 0.389. The number of aliphatic carboxylic acids is 2. The van der Waals surface area contributed by atoms with Crippen molar-refractivity contribution in [2.24, 2.45) is 5.92 Å². The van der Waals surface area contributed by atoms with Crippen molar-refractivity contribution < 1.29 is 19.8 Å². The molecule has 0 saturated heterocycles. The Bertz CT molecular complexity index is 578. The van der Waals surface area contributed by atoms with Gasteiger partial charge in [0.15, 0.2) is 0 Å². The molecule has 0 aliphatic heterocycles. The van der Waals surface area contributed by atoms with Gasteiger partial charge >= 0.3 is 11.9 Å². The summed E-state index contributed by atoms with van der Waals surface area (Å²) >= 11 is 0. The molecule has 0 aliphatic rings. The Morgan fingerprint density at radius 2 is 1.77 bits per heavy atom. The summed E-state index contributed by atoms with van der Waals surface area (Å²) in [6.45, 7) is 3.75. The van der Waals surface area contributed by atoms with Crippen LogP contribution in [0.4, 0.5) is 0 Å². The van der Waals surface area contributed by atoms with Crippen molar-refractivity contribution in [2.45, 2.75) is 38.8 Å². The van der Waals surface area contributed by atoms with Crippen molar-refractivity contribution in [3.63, 3.8) is 0 Å². The van der Waals surface area contributed by atoms with Gasteiger partial charge in [0.25, 0.3) is 0 Å². The van der Waals surface area contributed by atoms with Gasteiger partial charge in [-0.05, 0) is 30.4 Å². The zero-order valence-corrected chi connectivity index (χ0v) is 12.6. The maximum Gasteiger partial charge on any atom is 0.321 e. The molecule has 0 bridgehead atoms. The van der Waals surface area contributed by atoms with Crippen molar-refractivity contribution >= 4 is 11.9 Å². The Kier molecular flexibility index (Phi) is 6.54. The molecule has 6 nitrogen and oxygen atoms in total. The summed E-state index contributed by atoms with van der Waals surface area (Å²) in [4.78, 5) is 22.7. The highest BCUT2D eigenvalue weighted by atomic mass is 16.4. The highest BCUT2D eigenvalue weighted by Crippen LogP contribution is 2.12. The summed E-state index contributed by atoms with van der Waals surface area (Å²) in [6, 6.07) is 6.72. The van der Waals surface area contributed by atoms with Crippen molar-refractivity contribution in [2.75, 3.05) is 0 Å². The van der Waals surface area contributed by atoms with Crippen LogP contribution < -0.4 is 5.32 Å². The van der Waals surface area contributed by atoms with Crippen LogP contribution >= 0.6 is 0 Å². The first kappa shape index (κ1) is 17.7. The van der Waals surface area contributed by atoms with Crippen LogP contribution in [0.1, 0.15) is 31.4 Å². The second-order valence-electron chi connectivity index (χ2n) is 5.55. The van der Waals surface area contributed by atoms with Crippen LogP contribution in [-0.4, -0.2) is 34.2 Å². The fraction of sp³-hybridized carbons (Fsp3) is 0.438. The lowest BCUT2D eigenvalue weighted by Crippen LogP contribution is -2.48. The van der Waals surface area contributed by atoms with Crippen LogP contribution in [0, 0.1) is 17.2 Å². The minimum Gasteiger partial charge on any atom is -0.480 e. The molecule has 0 saturated carbocycles. The molecule has 0 spiro atoms. The predicted molar refractivity (Wildman–Crippen MR) is 80.3 cm³/mol. The number of nitrogens with one attached hydrogen (secondary N) is 1. The molecular weight excluding hydrogens is 284 g/mol. The summed E-state index contributed by atoms with van der Waals surface area (Å²) in [7, 11) is 0. The summed E-state index contributed by atoms with van der Waals surface area (Å²) in [5.74, 6) is -2.09. The molecule has 0 heterocycles. The van der Waals surface area contributed by atoms with Crippen LogP contribution in [0.2, 0.25) is 0 Å². The van der Waals surface area contributed by atoms with Crippen molar-refractivity contribution in [3.05, 3.63) is 35.4 Å². The molecule has 0 fully saturated rings. The van der Waals surface area contributed by atoms with E-state index in [1.54, 1.807) is 24.3 Å². The Morgan fingerprint density at radius 1 is 1.18 bits per heavy atom. The lowest BCUT2D eigenvalue weighted by molar-refractivity contribution is -0.142. The third-order valence-corrected chi connectivity index (χ3v) is 3.27. The number of rotatable bonds is 8. The van der Waals surface area contributed by atoms with Gasteiger partial charge in [0.1, 0.15) is 12.1 Å². The quantitative estimate of drug-likeness (QED) is 0.673. The minimum absolute atomic E-state index is 0.0565. The number of carboxylic acids is 2. The minimum atomic E-state index is -1.14. The maximum atomic E-state index is 11.4. The lowest BCUT2D eigenvalue weighted by atomic mass is 9.98. The van der Waals surface area contributed by atoms with E-state index in [2.05, 4.69) is 5.32 Å². The molecule has 1 rings (SSSR count). The molecule has 0 amide bonds. The molecule has 0 aromatic heterocycles. The van der Waals surface area contributed by atoms with Gasteiger partial charge in [-0.2, -0.15) is 5.26 Å². The highest BCUT2D eigenvalue weighted by molar-refractivity contribution is 5.77. The number of benzene rings is 1. The zero-order valence-electron chi connectivity index (χ0n) is 12.6. The summed E-state index contributed by atoms with van der Waals surface area (Å²) in [5.41, 5.74) is 0.977. The Balaban J connectivity index is 2.92. The van der Waals surface area contributed by atoms with Gasteiger partial charge in [0.05, 0.1) is 11.6 Å². The molecule has 22 heavy (non-hydrogen) atoms. The van der Waals surface area contributed by atoms with Crippen molar-refractivity contribution in [1.82, 2.24) is 5.32 Å². The number of carbonyl (C=O) groups is 2. The first-order valence-corrected chi connectivity index (χ1v) is 7.04. The molecular formula is C16H20N2O4. The molecule has 2 atom stereocenters. The summed E-state index contributed by atoms with van der Waals surface area (Å²) in [5, 5.41) is 30.3. The predicted octanol–water partition coefficient (Wildman–Crippen LogP) is 1.64. The SMILES string of the molecule is CC(C)C[C@H](N[C@@H](Cc1ccccc1C#N)C(=O)O)C(=O)O. The fourth-order valence-electron chi connectivity index (χ4n) is 2.20. The van der Waals surface area contributed by atoms with E-state index in [0.29, 0.717) is 17.5 Å². The molecule has 118 valence electrons. The van der Waals surface area contributed by atoms with E-state index < -0.39 is 24.0 Å². The largest absolute Gasteiger partial charge is 0.480 e. The van der Waals surface area contributed by atoms with E-state index in [-0.39, 0.29) is 12.3 Å². The van der Waals surface area contributed by atoms with Crippen LogP contribution in [0.25, 0.3) is 0 Å². The first-order chi connectivity index (χ1) is 10.3. The van der Waals surface area contributed by atoms with Gasteiger partial charge in [-0.1, -0.05) is 32.0 Å². The Hall–Kier alpha value is -2.39. The van der Waals surface area contributed by atoms with Gasteiger partial charge in [0.2, 0.25) is 0 Å². The number of nitriles is 1. The van der Waals surface area contributed by atoms with Gasteiger partial charge in [-0.3, -0.25) is 14.9 Å². The molecule has 3 N–H and O–H groups in total. The van der Waals surface area contributed by atoms with Crippen molar-refractivity contribution in [1.29, 1.82) is 5.26 Å². The number of hydrogen-bond donors (Lipinski definition) is 3. The molecule has 1 aromatic rings. The van der Waals surface area contributed by atoms with E-state index in [1.807, 2.05) is 19.9 Å². The average molecular weight is 304 g/mol. The smallest absolute Gasteiger partial charge is 0.321 e. The van der Waals surface area contributed by atoms with Crippen molar-refractivity contribution in [3.8, 4) is 6.07 Å². The van der Waals surface area contributed by atoms with E-state index in [0.717, 1.165) is 0 Å². The van der Waals surface area contributed by atoms with Crippen LogP contribution in [0.5, 0.6) is 0 Å². The third kappa shape index (κ3) is 5.19. The number of carboxylic acid groups (broad SMARTS) is 2. The second kappa shape index (κ2) is 8.15. The van der Waals surface area contributed by atoms with Gasteiger partial charge in [-0.15, -0.1) is 0 Å². The number of hydrogen-bond acceptors (Lipinski definition) is 4. The molecule has 6 heteroatoms. The van der Waals surface area contributed by atoms with Gasteiger partial charge < -0.3 is 10.2 Å². The molecule has 0 aliphatic carbocycles. The van der Waals surface area contributed by atoms with Crippen LogP contribution in [0.3, 0.4) is 0 Å². The normalized spacial score (nSPS) is 13.4. The number of nitrogens with zero attached hydrogens (tertiary/aromatic N) is 1. The van der Waals surface area contributed by atoms with Gasteiger partial charge in [0, 0.05) is 0 Å². The van der Waals surface area contributed by atoms with E-state index in [1.165, 1.54) is 0 Å².